The number of likely N-dealkylation sites (tertiary alicyclic amines) is 1. The number of likely N-dealkylation sites (N-methyl/N-ethyl adjacent to an activating group) is 1. The summed E-state index contributed by atoms with van der Waals surface area (Å²) in [7, 11) is 2.04. The molecule has 1 aromatic heterocycles. The third-order valence-corrected chi connectivity index (χ3v) is 4.29. The van der Waals surface area contributed by atoms with Gasteiger partial charge in [-0.25, -0.2) is 0 Å². The summed E-state index contributed by atoms with van der Waals surface area (Å²) < 4.78 is 2.10. The van der Waals surface area contributed by atoms with E-state index in [0.717, 1.165) is 27.7 Å². The Morgan fingerprint density at radius 3 is 2.94 bits per heavy atom. The van der Waals surface area contributed by atoms with E-state index < -0.39 is 0 Å². The monoisotopic (exact) mass is 397 g/mol. The number of nitrogens with one attached hydrogen (secondary N) is 1. The average Bonchev–Trinajstić information content (AvgIpc) is 2.33. The highest BCUT2D eigenvalue weighted by Gasteiger charge is 2.19. The standard InChI is InChI=1S/C12H17Br2N3.ClH/c1-15-10-3-2-4-17(7-10)8-12-11(14)5-9(13)6-16-12;/h5-6,10,15H,2-4,7-8H2,1H3;1H. The average molecular weight is 400 g/mol. The molecule has 0 bridgehead atoms. The van der Waals surface area contributed by atoms with E-state index in [1.54, 1.807) is 0 Å². The normalized spacial score (nSPS) is 20.5. The second-order valence-electron chi connectivity index (χ2n) is 4.44. The molecule has 3 nitrogen and oxygen atoms in total. The molecule has 18 heavy (non-hydrogen) atoms. The van der Waals surface area contributed by atoms with Crippen LogP contribution in [0.15, 0.2) is 21.2 Å². The van der Waals surface area contributed by atoms with Crippen LogP contribution in [-0.4, -0.2) is 36.1 Å². The van der Waals surface area contributed by atoms with Gasteiger partial charge in [0.2, 0.25) is 0 Å². The second-order valence-corrected chi connectivity index (χ2v) is 6.22. The quantitative estimate of drug-likeness (QED) is 0.846. The Kier molecular flexibility index (Phi) is 7.10. The first-order valence-electron chi connectivity index (χ1n) is 5.88. The summed E-state index contributed by atoms with van der Waals surface area (Å²) >= 11 is 7.00. The molecule has 1 aliphatic heterocycles. The summed E-state index contributed by atoms with van der Waals surface area (Å²) in [5.41, 5.74) is 1.12. The lowest BCUT2D eigenvalue weighted by Gasteiger charge is -2.32. The van der Waals surface area contributed by atoms with Gasteiger partial charge in [0.15, 0.2) is 0 Å². The molecule has 2 rings (SSSR count). The lowest BCUT2D eigenvalue weighted by atomic mass is 10.1. The van der Waals surface area contributed by atoms with Crippen LogP contribution < -0.4 is 5.32 Å². The van der Waals surface area contributed by atoms with Crippen LogP contribution in [0.2, 0.25) is 0 Å². The highest BCUT2D eigenvalue weighted by molar-refractivity contribution is 9.11. The van der Waals surface area contributed by atoms with Gasteiger partial charge in [0.1, 0.15) is 0 Å². The molecule has 1 aliphatic rings. The molecule has 1 N–H and O–H groups in total. The number of piperidine rings is 1. The molecule has 0 spiro atoms. The van der Waals surface area contributed by atoms with Gasteiger partial charge in [-0.2, -0.15) is 0 Å². The van der Waals surface area contributed by atoms with Crippen molar-refractivity contribution in [1.82, 2.24) is 15.2 Å². The Hall–Kier alpha value is 0.320. The molecule has 2 heterocycles. The smallest absolute Gasteiger partial charge is 0.0686 e. The first-order valence-corrected chi connectivity index (χ1v) is 7.47. The molecule has 102 valence electrons. The van der Waals surface area contributed by atoms with Crippen molar-refractivity contribution in [2.75, 3.05) is 20.1 Å². The summed E-state index contributed by atoms with van der Waals surface area (Å²) in [5.74, 6) is 0. The van der Waals surface area contributed by atoms with Gasteiger partial charge in [0, 0.05) is 34.3 Å². The predicted octanol–water partition coefficient (Wildman–Crippen LogP) is 3.21. The van der Waals surface area contributed by atoms with Crippen LogP contribution in [0, 0.1) is 0 Å². The van der Waals surface area contributed by atoms with Gasteiger partial charge in [-0.05, 0) is 64.4 Å². The Morgan fingerprint density at radius 1 is 1.50 bits per heavy atom. The molecular formula is C12H18Br2ClN3. The highest BCUT2D eigenvalue weighted by Crippen LogP contribution is 2.22. The summed E-state index contributed by atoms with van der Waals surface area (Å²) in [6, 6.07) is 2.68. The molecule has 1 atom stereocenters. The van der Waals surface area contributed by atoms with Crippen molar-refractivity contribution in [3.8, 4) is 0 Å². The van der Waals surface area contributed by atoms with Crippen LogP contribution in [0.4, 0.5) is 0 Å². The Balaban J connectivity index is 0.00000162. The van der Waals surface area contributed by atoms with Crippen molar-refractivity contribution in [3.63, 3.8) is 0 Å². The minimum absolute atomic E-state index is 0. The van der Waals surface area contributed by atoms with E-state index in [2.05, 4.69) is 53.1 Å². The molecular weight excluding hydrogens is 381 g/mol. The number of hydrogen-bond donors (Lipinski definition) is 1. The van der Waals surface area contributed by atoms with Crippen LogP contribution in [0.3, 0.4) is 0 Å². The largest absolute Gasteiger partial charge is 0.316 e. The number of nitrogens with zero attached hydrogens (tertiary/aromatic N) is 2. The highest BCUT2D eigenvalue weighted by atomic mass is 79.9. The molecule has 0 aliphatic carbocycles. The van der Waals surface area contributed by atoms with Crippen molar-refractivity contribution < 1.29 is 0 Å². The molecule has 1 fully saturated rings. The second kappa shape index (κ2) is 7.80. The molecule has 0 radical (unpaired) electrons. The molecule has 0 saturated carbocycles. The molecule has 1 aromatic rings. The number of hydrogen-bond acceptors (Lipinski definition) is 3. The SMILES string of the molecule is CNC1CCCN(Cc2ncc(Br)cc2Br)C1.Cl. The minimum Gasteiger partial charge on any atom is -0.316 e. The van der Waals surface area contributed by atoms with Crippen molar-refractivity contribution in [1.29, 1.82) is 0 Å². The zero-order chi connectivity index (χ0) is 12.3. The zero-order valence-electron chi connectivity index (χ0n) is 10.3. The van der Waals surface area contributed by atoms with Gasteiger partial charge >= 0.3 is 0 Å². The fourth-order valence-electron chi connectivity index (χ4n) is 2.21. The molecule has 6 heteroatoms. The van der Waals surface area contributed by atoms with E-state index in [-0.39, 0.29) is 12.4 Å². The van der Waals surface area contributed by atoms with Gasteiger partial charge in [-0.1, -0.05) is 0 Å². The summed E-state index contributed by atoms with van der Waals surface area (Å²) in [4.78, 5) is 6.93. The third-order valence-electron chi connectivity index (χ3n) is 3.17. The van der Waals surface area contributed by atoms with Crippen molar-refractivity contribution in [3.05, 3.63) is 26.9 Å². The van der Waals surface area contributed by atoms with E-state index in [4.69, 9.17) is 0 Å². The van der Waals surface area contributed by atoms with Crippen LogP contribution in [0.1, 0.15) is 18.5 Å². The van der Waals surface area contributed by atoms with Crippen molar-refractivity contribution >= 4 is 44.3 Å². The number of pyridine rings is 1. The van der Waals surface area contributed by atoms with E-state index in [9.17, 15) is 0 Å². The van der Waals surface area contributed by atoms with Crippen LogP contribution >= 0.6 is 44.3 Å². The first-order chi connectivity index (χ1) is 8.19. The lowest BCUT2D eigenvalue weighted by Crippen LogP contribution is -2.44. The summed E-state index contributed by atoms with van der Waals surface area (Å²) in [5, 5.41) is 3.36. The van der Waals surface area contributed by atoms with Gasteiger partial charge < -0.3 is 5.32 Å². The first kappa shape index (κ1) is 16.4. The van der Waals surface area contributed by atoms with E-state index >= 15 is 0 Å². The van der Waals surface area contributed by atoms with Crippen LogP contribution in [0.5, 0.6) is 0 Å². The van der Waals surface area contributed by atoms with Crippen LogP contribution in [0.25, 0.3) is 0 Å². The van der Waals surface area contributed by atoms with Crippen LogP contribution in [-0.2, 0) is 6.54 Å². The van der Waals surface area contributed by atoms with Crippen molar-refractivity contribution in [2.45, 2.75) is 25.4 Å². The number of rotatable bonds is 3. The van der Waals surface area contributed by atoms with E-state index in [1.165, 1.54) is 19.4 Å². The van der Waals surface area contributed by atoms with Gasteiger partial charge in [0.25, 0.3) is 0 Å². The minimum atomic E-state index is 0. The Morgan fingerprint density at radius 2 is 2.28 bits per heavy atom. The van der Waals surface area contributed by atoms with E-state index in [0.29, 0.717) is 6.04 Å². The van der Waals surface area contributed by atoms with Crippen molar-refractivity contribution in [2.24, 2.45) is 0 Å². The molecule has 0 aromatic carbocycles. The number of aromatic nitrogens is 1. The maximum absolute atomic E-state index is 4.47. The fraction of sp³-hybridized carbons (Fsp3) is 0.583. The van der Waals surface area contributed by atoms with Gasteiger partial charge in [0.05, 0.1) is 5.69 Å². The molecule has 1 saturated heterocycles. The summed E-state index contributed by atoms with van der Waals surface area (Å²) in [6.45, 7) is 3.20. The Labute approximate surface area is 131 Å². The Bertz CT molecular complexity index is 390. The van der Waals surface area contributed by atoms with Gasteiger partial charge in [-0.15, -0.1) is 12.4 Å². The lowest BCUT2D eigenvalue weighted by molar-refractivity contribution is 0.186. The maximum atomic E-state index is 4.47. The fourth-order valence-corrected chi connectivity index (χ4v) is 3.32. The third kappa shape index (κ3) is 4.46. The van der Waals surface area contributed by atoms with E-state index in [1.807, 2.05) is 13.2 Å². The zero-order valence-corrected chi connectivity index (χ0v) is 14.3. The topological polar surface area (TPSA) is 28.2 Å². The molecule has 0 amide bonds. The van der Waals surface area contributed by atoms with Gasteiger partial charge in [-0.3, -0.25) is 9.88 Å². The maximum Gasteiger partial charge on any atom is 0.0686 e. The number of halogens is 3. The predicted molar refractivity (Wildman–Crippen MR) is 84.2 cm³/mol. The molecule has 1 unspecified atom stereocenters. The summed E-state index contributed by atoms with van der Waals surface area (Å²) in [6.07, 6.45) is 4.40.